The van der Waals surface area contributed by atoms with Crippen molar-refractivity contribution in [3.63, 3.8) is 0 Å². The van der Waals surface area contributed by atoms with Crippen LogP contribution in [-0.2, 0) is 11.3 Å². The molecule has 0 saturated heterocycles. The van der Waals surface area contributed by atoms with Gasteiger partial charge in [0.2, 0.25) is 5.91 Å². The summed E-state index contributed by atoms with van der Waals surface area (Å²) < 4.78 is 5.14. The molecule has 0 unspecified atom stereocenters. The Morgan fingerprint density at radius 3 is 2.95 bits per heavy atom. The van der Waals surface area contributed by atoms with E-state index in [-0.39, 0.29) is 5.91 Å². The summed E-state index contributed by atoms with van der Waals surface area (Å²) >= 11 is 0. The van der Waals surface area contributed by atoms with Crippen molar-refractivity contribution in [1.29, 1.82) is 0 Å². The van der Waals surface area contributed by atoms with Crippen molar-refractivity contribution < 1.29 is 9.53 Å². The molecule has 1 aromatic heterocycles. The van der Waals surface area contributed by atoms with Gasteiger partial charge >= 0.3 is 0 Å². The van der Waals surface area contributed by atoms with Crippen LogP contribution in [0, 0.1) is 6.92 Å². The van der Waals surface area contributed by atoms with E-state index in [1.807, 2.05) is 31.2 Å². The van der Waals surface area contributed by atoms with E-state index in [4.69, 9.17) is 4.74 Å². The van der Waals surface area contributed by atoms with Crippen LogP contribution in [0.15, 0.2) is 30.3 Å². The molecule has 2 aromatic rings. The van der Waals surface area contributed by atoms with Gasteiger partial charge in [-0.25, -0.2) is 4.98 Å². The second-order valence-corrected chi connectivity index (χ2v) is 4.64. The molecule has 0 aliphatic rings. The molecule has 6 heteroatoms. The molecular formula is C15H18N4O2. The van der Waals surface area contributed by atoms with Crippen LogP contribution in [0.2, 0.25) is 0 Å². The van der Waals surface area contributed by atoms with Crippen molar-refractivity contribution in [2.45, 2.75) is 13.5 Å². The average molecular weight is 286 g/mol. The Kier molecular flexibility index (Phi) is 4.71. The highest BCUT2D eigenvalue weighted by atomic mass is 16.5. The van der Waals surface area contributed by atoms with Gasteiger partial charge in [0.1, 0.15) is 11.6 Å². The molecule has 0 saturated carbocycles. The lowest BCUT2D eigenvalue weighted by molar-refractivity contribution is -0.125. The molecule has 0 spiro atoms. The third kappa shape index (κ3) is 4.17. The van der Waals surface area contributed by atoms with Crippen LogP contribution < -0.4 is 4.74 Å². The fourth-order valence-electron chi connectivity index (χ4n) is 1.79. The van der Waals surface area contributed by atoms with Crippen molar-refractivity contribution in [3.8, 4) is 5.75 Å². The second kappa shape index (κ2) is 6.69. The highest BCUT2D eigenvalue weighted by Crippen LogP contribution is 2.13. The fraction of sp³-hybridized carbons (Fsp3) is 0.267. The van der Waals surface area contributed by atoms with E-state index in [1.54, 1.807) is 25.1 Å². The molecule has 0 bridgehead atoms. The Balaban J connectivity index is 1.97. The van der Waals surface area contributed by atoms with E-state index < -0.39 is 0 Å². The largest absolute Gasteiger partial charge is 0.497 e. The summed E-state index contributed by atoms with van der Waals surface area (Å²) in [5.74, 6) is 1.98. The highest BCUT2D eigenvalue weighted by Gasteiger charge is 2.08. The summed E-state index contributed by atoms with van der Waals surface area (Å²) in [6.07, 6.45) is 3.28. The number of aromatic amines is 1. The van der Waals surface area contributed by atoms with Gasteiger partial charge in [-0.05, 0) is 30.7 Å². The second-order valence-electron chi connectivity index (χ2n) is 4.64. The van der Waals surface area contributed by atoms with E-state index in [0.29, 0.717) is 12.4 Å². The number of carbonyl (C=O) groups excluding carboxylic acids is 1. The quantitative estimate of drug-likeness (QED) is 0.851. The minimum atomic E-state index is -0.111. The molecule has 2 rings (SSSR count). The van der Waals surface area contributed by atoms with Gasteiger partial charge in [-0.15, -0.1) is 0 Å². The lowest BCUT2D eigenvalue weighted by Crippen LogP contribution is -2.24. The van der Waals surface area contributed by atoms with E-state index in [1.165, 1.54) is 6.08 Å². The van der Waals surface area contributed by atoms with Gasteiger partial charge in [-0.1, -0.05) is 12.1 Å². The molecule has 1 amide bonds. The summed E-state index contributed by atoms with van der Waals surface area (Å²) in [4.78, 5) is 17.8. The predicted molar refractivity (Wildman–Crippen MR) is 79.6 cm³/mol. The van der Waals surface area contributed by atoms with Gasteiger partial charge in [-0.3, -0.25) is 9.89 Å². The van der Waals surface area contributed by atoms with Crippen molar-refractivity contribution in [2.75, 3.05) is 14.2 Å². The Morgan fingerprint density at radius 1 is 1.48 bits per heavy atom. The number of ether oxygens (including phenoxy) is 1. The molecule has 0 aliphatic heterocycles. The average Bonchev–Trinajstić information content (AvgIpc) is 2.90. The Morgan fingerprint density at radius 2 is 2.29 bits per heavy atom. The number of likely N-dealkylation sites (N-methyl/N-ethyl adjacent to an activating group) is 1. The zero-order valence-electron chi connectivity index (χ0n) is 12.3. The van der Waals surface area contributed by atoms with Gasteiger partial charge in [0.05, 0.1) is 13.7 Å². The molecule has 0 radical (unpaired) electrons. The Hall–Kier alpha value is -2.63. The van der Waals surface area contributed by atoms with Crippen molar-refractivity contribution >= 4 is 12.0 Å². The molecule has 1 heterocycles. The summed E-state index contributed by atoms with van der Waals surface area (Å²) in [7, 11) is 3.32. The van der Waals surface area contributed by atoms with Gasteiger partial charge in [0, 0.05) is 13.1 Å². The Bertz CT molecular complexity index is 649. The standard InChI is InChI=1S/C15H18N4O2/c1-11-16-14(18-17-11)10-19(2)15(20)8-7-12-5-4-6-13(9-12)21-3/h4-9H,10H2,1-3H3,(H,16,17,18). The monoisotopic (exact) mass is 286 g/mol. The van der Waals surface area contributed by atoms with E-state index in [0.717, 1.165) is 17.1 Å². The SMILES string of the molecule is COc1cccc(C=CC(=O)N(C)Cc2n[nH]c(C)n2)c1. The topological polar surface area (TPSA) is 71.1 Å². The van der Waals surface area contributed by atoms with Crippen molar-refractivity contribution in [3.05, 3.63) is 47.6 Å². The maximum absolute atomic E-state index is 12.0. The molecule has 0 atom stereocenters. The smallest absolute Gasteiger partial charge is 0.246 e. The first-order valence-corrected chi connectivity index (χ1v) is 6.53. The van der Waals surface area contributed by atoms with E-state index in [2.05, 4.69) is 15.2 Å². The van der Waals surface area contributed by atoms with Crippen LogP contribution in [0.4, 0.5) is 0 Å². The number of H-pyrrole nitrogens is 1. The van der Waals surface area contributed by atoms with E-state index in [9.17, 15) is 4.79 Å². The van der Waals surface area contributed by atoms with E-state index >= 15 is 0 Å². The van der Waals surface area contributed by atoms with Gasteiger partial charge in [0.25, 0.3) is 0 Å². The van der Waals surface area contributed by atoms with Gasteiger partial charge < -0.3 is 9.64 Å². The number of methoxy groups -OCH3 is 1. The van der Waals surface area contributed by atoms with Crippen LogP contribution in [0.5, 0.6) is 5.75 Å². The number of nitrogens with zero attached hydrogens (tertiary/aromatic N) is 3. The summed E-state index contributed by atoms with van der Waals surface area (Å²) in [5.41, 5.74) is 0.907. The normalized spacial score (nSPS) is 10.8. The molecular weight excluding hydrogens is 268 g/mol. The molecule has 110 valence electrons. The van der Waals surface area contributed by atoms with Gasteiger partial charge in [0.15, 0.2) is 5.82 Å². The first-order valence-electron chi connectivity index (χ1n) is 6.53. The number of hydrogen-bond donors (Lipinski definition) is 1. The Labute approximate surface area is 123 Å². The predicted octanol–water partition coefficient (Wildman–Crippen LogP) is 1.79. The number of aromatic nitrogens is 3. The number of hydrogen-bond acceptors (Lipinski definition) is 4. The van der Waals surface area contributed by atoms with Crippen LogP contribution in [-0.4, -0.2) is 40.1 Å². The lowest BCUT2D eigenvalue weighted by atomic mass is 10.2. The number of rotatable bonds is 5. The van der Waals surface area contributed by atoms with Crippen LogP contribution in [0.1, 0.15) is 17.2 Å². The molecule has 6 nitrogen and oxygen atoms in total. The fourth-order valence-corrected chi connectivity index (χ4v) is 1.79. The highest BCUT2D eigenvalue weighted by molar-refractivity contribution is 5.91. The summed E-state index contributed by atoms with van der Waals surface area (Å²) in [6, 6.07) is 7.51. The van der Waals surface area contributed by atoms with Crippen molar-refractivity contribution in [1.82, 2.24) is 20.1 Å². The zero-order chi connectivity index (χ0) is 15.2. The number of carbonyl (C=O) groups is 1. The third-order valence-corrected chi connectivity index (χ3v) is 2.91. The molecule has 21 heavy (non-hydrogen) atoms. The first-order chi connectivity index (χ1) is 10.1. The minimum absolute atomic E-state index is 0.111. The molecule has 1 aromatic carbocycles. The molecule has 1 N–H and O–H groups in total. The van der Waals surface area contributed by atoms with Crippen LogP contribution in [0.25, 0.3) is 6.08 Å². The third-order valence-electron chi connectivity index (χ3n) is 2.91. The summed E-state index contributed by atoms with van der Waals surface area (Å²) in [5, 5.41) is 6.76. The lowest BCUT2D eigenvalue weighted by Gasteiger charge is -2.12. The number of amides is 1. The number of nitrogens with one attached hydrogen (secondary N) is 1. The van der Waals surface area contributed by atoms with Crippen LogP contribution >= 0.6 is 0 Å². The zero-order valence-corrected chi connectivity index (χ0v) is 12.3. The number of aryl methyl sites for hydroxylation is 1. The minimum Gasteiger partial charge on any atom is -0.497 e. The first kappa shape index (κ1) is 14.8. The van der Waals surface area contributed by atoms with Crippen molar-refractivity contribution in [2.24, 2.45) is 0 Å². The molecule has 0 fully saturated rings. The maximum atomic E-state index is 12.0. The number of benzene rings is 1. The van der Waals surface area contributed by atoms with Crippen LogP contribution in [0.3, 0.4) is 0 Å². The molecule has 0 aliphatic carbocycles. The van der Waals surface area contributed by atoms with Gasteiger partial charge in [-0.2, -0.15) is 5.10 Å². The summed E-state index contributed by atoms with van der Waals surface area (Å²) in [6.45, 7) is 2.19. The maximum Gasteiger partial charge on any atom is 0.246 e.